The molecule has 2 atom stereocenters. The number of nitro groups is 1. The minimum atomic E-state index is -3.76. The van der Waals surface area contributed by atoms with Crippen molar-refractivity contribution in [2.45, 2.75) is 30.8 Å². The number of rotatable bonds is 3. The Morgan fingerprint density at radius 1 is 1.50 bits per heavy atom. The molecule has 2 rings (SSSR count). The fourth-order valence-corrected chi connectivity index (χ4v) is 3.82. The van der Waals surface area contributed by atoms with Crippen molar-refractivity contribution >= 4 is 15.8 Å². The maximum absolute atomic E-state index is 12.5. The predicted molar refractivity (Wildman–Crippen MR) is 71.2 cm³/mol. The second-order valence-electron chi connectivity index (χ2n) is 4.84. The van der Waals surface area contributed by atoms with Crippen LogP contribution in [0.3, 0.4) is 0 Å². The van der Waals surface area contributed by atoms with E-state index in [2.05, 4.69) is 4.98 Å². The van der Waals surface area contributed by atoms with Crippen molar-refractivity contribution in [1.29, 1.82) is 0 Å². The Hall–Kier alpha value is -1.58. The summed E-state index contributed by atoms with van der Waals surface area (Å²) < 4.78 is 26.2. The molecule has 1 aliphatic heterocycles. The highest BCUT2D eigenvalue weighted by atomic mass is 32.2. The van der Waals surface area contributed by atoms with Gasteiger partial charge in [0.2, 0.25) is 10.0 Å². The molecule has 1 aromatic heterocycles. The van der Waals surface area contributed by atoms with Crippen LogP contribution in [-0.4, -0.2) is 35.3 Å². The van der Waals surface area contributed by atoms with E-state index in [1.54, 1.807) is 0 Å². The number of nitrogens with two attached hydrogens (primary N) is 1. The van der Waals surface area contributed by atoms with Crippen LogP contribution in [0.2, 0.25) is 0 Å². The number of aromatic nitrogens is 1. The molecule has 0 aliphatic carbocycles. The van der Waals surface area contributed by atoms with Crippen LogP contribution >= 0.6 is 0 Å². The largest absolute Gasteiger partial charge is 0.363 e. The van der Waals surface area contributed by atoms with E-state index in [1.807, 2.05) is 6.92 Å². The lowest BCUT2D eigenvalue weighted by Gasteiger charge is -2.36. The average Bonchev–Trinajstić information content (AvgIpc) is 2.41. The van der Waals surface area contributed by atoms with Crippen molar-refractivity contribution < 1.29 is 13.3 Å². The zero-order valence-electron chi connectivity index (χ0n) is 11.0. The highest BCUT2D eigenvalue weighted by Gasteiger charge is 2.35. The molecule has 1 aromatic rings. The van der Waals surface area contributed by atoms with Gasteiger partial charge in [0.25, 0.3) is 0 Å². The Balaban J connectivity index is 2.32. The summed E-state index contributed by atoms with van der Waals surface area (Å²) in [6.45, 7) is 2.26. The first-order chi connectivity index (χ1) is 9.34. The molecular formula is C11H16N4O4S. The zero-order valence-corrected chi connectivity index (χ0v) is 11.8. The van der Waals surface area contributed by atoms with Gasteiger partial charge in [-0.15, -0.1) is 0 Å². The summed E-state index contributed by atoms with van der Waals surface area (Å²) in [5, 5.41) is 10.5. The molecular weight excluding hydrogens is 284 g/mol. The van der Waals surface area contributed by atoms with Crippen LogP contribution in [0.15, 0.2) is 23.2 Å². The molecule has 20 heavy (non-hydrogen) atoms. The molecule has 0 radical (unpaired) electrons. The van der Waals surface area contributed by atoms with Gasteiger partial charge in [-0.1, -0.05) is 6.92 Å². The average molecular weight is 300 g/mol. The quantitative estimate of drug-likeness (QED) is 0.648. The molecule has 0 saturated carbocycles. The third-order valence-corrected chi connectivity index (χ3v) is 5.35. The van der Waals surface area contributed by atoms with Gasteiger partial charge in [0, 0.05) is 12.6 Å². The number of sulfonamides is 1. The maximum Gasteiger partial charge on any atom is 0.363 e. The second-order valence-corrected chi connectivity index (χ2v) is 6.73. The van der Waals surface area contributed by atoms with Gasteiger partial charge >= 0.3 is 5.82 Å². The third kappa shape index (κ3) is 2.65. The first-order valence-corrected chi connectivity index (χ1v) is 7.66. The Morgan fingerprint density at radius 3 is 2.75 bits per heavy atom. The van der Waals surface area contributed by atoms with E-state index in [-0.39, 0.29) is 16.6 Å². The topological polar surface area (TPSA) is 119 Å². The molecule has 1 fully saturated rings. The number of hydrogen-bond donors (Lipinski definition) is 1. The summed E-state index contributed by atoms with van der Waals surface area (Å²) in [5.41, 5.74) is 5.94. The second kappa shape index (κ2) is 5.43. The van der Waals surface area contributed by atoms with Crippen LogP contribution in [0, 0.1) is 16.0 Å². The van der Waals surface area contributed by atoms with E-state index < -0.39 is 21.1 Å². The number of nitrogens with zero attached hydrogens (tertiary/aromatic N) is 3. The van der Waals surface area contributed by atoms with Gasteiger partial charge in [-0.2, -0.15) is 4.31 Å². The van der Waals surface area contributed by atoms with E-state index in [1.165, 1.54) is 10.4 Å². The summed E-state index contributed by atoms with van der Waals surface area (Å²) in [6, 6.07) is 2.26. The van der Waals surface area contributed by atoms with Gasteiger partial charge in [0.05, 0.1) is 6.17 Å². The van der Waals surface area contributed by atoms with Crippen molar-refractivity contribution in [2.24, 2.45) is 11.7 Å². The van der Waals surface area contributed by atoms with Crippen LogP contribution in [0.4, 0.5) is 5.82 Å². The van der Waals surface area contributed by atoms with Gasteiger partial charge in [0.1, 0.15) is 4.90 Å². The van der Waals surface area contributed by atoms with Crippen molar-refractivity contribution in [2.75, 3.05) is 6.54 Å². The lowest BCUT2D eigenvalue weighted by Crippen LogP contribution is -2.52. The van der Waals surface area contributed by atoms with Gasteiger partial charge in [-0.3, -0.25) is 0 Å². The molecule has 0 bridgehead atoms. The molecule has 9 heteroatoms. The van der Waals surface area contributed by atoms with Crippen LogP contribution in [0.1, 0.15) is 19.8 Å². The van der Waals surface area contributed by atoms with E-state index in [0.717, 1.165) is 25.1 Å². The fourth-order valence-electron chi connectivity index (χ4n) is 2.22. The maximum atomic E-state index is 12.5. The molecule has 0 amide bonds. The standard InChI is InChI=1S/C11H16N4O4S/c1-8-3-2-6-14(11(8)12)20(18,19)9-4-5-10(13-7-9)15(16)17/h4-5,7-8,11H,2-3,6,12H2,1H3. The highest BCUT2D eigenvalue weighted by Crippen LogP contribution is 2.26. The Morgan fingerprint density at radius 2 is 2.20 bits per heavy atom. The van der Waals surface area contributed by atoms with Crippen molar-refractivity contribution in [3.05, 3.63) is 28.4 Å². The molecule has 2 N–H and O–H groups in total. The first-order valence-electron chi connectivity index (χ1n) is 6.22. The summed E-state index contributed by atoms with van der Waals surface area (Å²) in [7, 11) is -3.76. The zero-order chi connectivity index (χ0) is 14.9. The van der Waals surface area contributed by atoms with Crippen LogP contribution in [0.25, 0.3) is 0 Å². The molecule has 8 nitrogen and oxygen atoms in total. The first kappa shape index (κ1) is 14.8. The minimum absolute atomic E-state index is 0.0736. The molecule has 110 valence electrons. The monoisotopic (exact) mass is 300 g/mol. The number of pyridine rings is 1. The molecule has 1 aliphatic rings. The minimum Gasteiger partial charge on any atom is -0.358 e. The summed E-state index contributed by atoms with van der Waals surface area (Å²) in [4.78, 5) is 13.3. The summed E-state index contributed by atoms with van der Waals surface area (Å²) in [5.74, 6) is -0.315. The lowest BCUT2D eigenvalue weighted by atomic mass is 9.99. The van der Waals surface area contributed by atoms with Crippen molar-refractivity contribution in [1.82, 2.24) is 9.29 Å². The Bertz CT molecular complexity index is 601. The lowest BCUT2D eigenvalue weighted by molar-refractivity contribution is -0.389. The van der Waals surface area contributed by atoms with E-state index >= 15 is 0 Å². The van der Waals surface area contributed by atoms with Crippen LogP contribution < -0.4 is 5.73 Å². The van der Waals surface area contributed by atoms with Gasteiger partial charge in [0.15, 0.2) is 6.20 Å². The van der Waals surface area contributed by atoms with Crippen LogP contribution in [0.5, 0.6) is 0 Å². The van der Waals surface area contributed by atoms with Crippen molar-refractivity contribution in [3.8, 4) is 0 Å². The third-order valence-electron chi connectivity index (χ3n) is 3.47. The molecule has 2 unspecified atom stereocenters. The van der Waals surface area contributed by atoms with Gasteiger partial charge in [-0.05, 0) is 34.7 Å². The normalized spacial score (nSPS) is 24.5. The molecule has 2 heterocycles. The number of hydrogen-bond acceptors (Lipinski definition) is 6. The Kier molecular flexibility index (Phi) is 4.02. The summed E-state index contributed by atoms with van der Waals surface area (Å²) in [6.07, 6.45) is 2.04. The van der Waals surface area contributed by atoms with Crippen molar-refractivity contribution in [3.63, 3.8) is 0 Å². The van der Waals surface area contributed by atoms with Gasteiger partial charge < -0.3 is 15.8 Å². The summed E-state index contributed by atoms with van der Waals surface area (Å²) >= 11 is 0. The molecule has 0 spiro atoms. The smallest absolute Gasteiger partial charge is 0.358 e. The van der Waals surface area contributed by atoms with E-state index in [9.17, 15) is 18.5 Å². The highest BCUT2D eigenvalue weighted by molar-refractivity contribution is 7.89. The SMILES string of the molecule is CC1CCCN(S(=O)(=O)c2ccc([N+](=O)[O-])nc2)C1N. The number of piperidine rings is 1. The molecule has 1 saturated heterocycles. The van der Waals surface area contributed by atoms with Gasteiger partial charge in [-0.25, -0.2) is 8.42 Å². The Labute approximate surface area is 116 Å². The van der Waals surface area contributed by atoms with E-state index in [4.69, 9.17) is 5.73 Å². The van der Waals surface area contributed by atoms with E-state index in [0.29, 0.717) is 6.54 Å². The predicted octanol–water partition coefficient (Wildman–Crippen LogP) is 0.695. The fraction of sp³-hybridized carbons (Fsp3) is 0.545. The molecule has 0 aromatic carbocycles. The van der Waals surface area contributed by atoms with Crippen LogP contribution in [-0.2, 0) is 10.0 Å².